The molecule has 0 heterocycles. The Kier molecular flexibility index (Phi) is 4.23. The van der Waals surface area contributed by atoms with E-state index in [1.165, 1.54) is 19.3 Å². The van der Waals surface area contributed by atoms with Crippen molar-refractivity contribution in [3.05, 3.63) is 12.2 Å². The zero-order chi connectivity index (χ0) is 12.4. The van der Waals surface area contributed by atoms with Crippen LogP contribution in [0.4, 0.5) is 0 Å². The summed E-state index contributed by atoms with van der Waals surface area (Å²) in [4.78, 5) is 0. The van der Waals surface area contributed by atoms with Crippen molar-refractivity contribution in [3.8, 4) is 0 Å². The van der Waals surface area contributed by atoms with Gasteiger partial charge in [0.1, 0.15) is 0 Å². The molecular formula is C15H28O. The van der Waals surface area contributed by atoms with E-state index in [2.05, 4.69) is 46.8 Å². The van der Waals surface area contributed by atoms with Gasteiger partial charge in [0.05, 0.1) is 0 Å². The fourth-order valence-electron chi connectivity index (χ4n) is 2.68. The van der Waals surface area contributed by atoms with Crippen molar-refractivity contribution in [1.29, 1.82) is 0 Å². The normalized spacial score (nSPS) is 34.6. The summed E-state index contributed by atoms with van der Waals surface area (Å²) >= 11 is 0. The zero-order valence-corrected chi connectivity index (χ0v) is 11.6. The van der Waals surface area contributed by atoms with Gasteiger partial charge in [-0.25, -0.2) is 0 Å². The number of rotatable bonds is 5. The van der Waals surface area contributed by atoms with Gasteiger partial charge < -0.3 is 5.11 Å². The van der Waals surface area contributed by atoms with Crippen LogP contribution in [0.5, 0.6) is 0 Å². The lowest BCUT2D eigenvalue weighted by Crippen LogP contribution is -2.02. The van der Waals surface area contributed by atoms with Gasteiger partial charge in [0, 0.05) is 6.61 Å². The van der Waals surface area contributed by atoms with Crippen LogP contribution in [0.2, 0.25) is 0 Å². The fraction of sp³-hybridized carbons (Fsp3) is 0.867. The maximum absolute atomic E-state index is 9.41. The lowest BCUT2D eigenvalue weighted by molar-refractivity contribution is 0.248. The third kappa shape index (κ3) is 3.10. The molecule has 0 saturated heterocycles. The molecule has 16 heavy (non-hydrogen) atoms. The molecule has 0 aliphatic heterocycles. The Bertz CT molecular complexity index is 249. The van der Waals surface area contributed by atoms with E-state index in [0.717, 1.165) is 0 Å². The van der Waals surface area contributed by atoms with E-state index in [4.69, 9.17) is 0 Å². The summed E-state index contributed by atoms with van der Waals surface area (Å²) in [5.74, 6) is 1.10. The van der Waals surface area contributed by atoms with Gasteiger partial charge in [-0.1, -0.05) is 59.6 Å². The molecule has 0 unspecified atom stereocenters. The fourth-order valence-corrected chi connectivity index (χ4v) is 2.68. The third-order valence-corrected chi connectivity index (χ3v) is 4.00. The van der Waals surface area contributed by atoms with E-state index in [-0.39, 0.29) is 5.41 Å². The SMILES string of the molecule is CCCC[C@@]1(C)[C@H](/C=C/C(C)(C)C)[C@@H]1CO. The molecule has 1 N–H and O–H groups in total. The minimum Gasteiger partial charge on any atom is -0.396 e. The van der Waals surface area contributed by atoms with Crippen molar-refractivity contribution >= 4 is 0 Å². The van der Waals surface area contributed by atoms with Crippen molar-refractivity contribution in [2.24, 2.45) is 22.7 Å². The highest BCUT2D eigenvalue weighted by atomic mass is 16.3. The smallest absolute Gasteiger partial charge is 0.0470 e. The summed E-state index contributed by atoms with van der Waals surface area (Å²) in [6, 6.07) is 0. The Hall–Kier alpha value is -0.300. The summed E-state index contributed by atoms with van der Waals surface area (Å²) < 4.78 is 0. The first kappa shape index (κ1) is 13.8. The minimum atomic E-state index is 0.258. The Balaban J connectivity index is 2.58. The summed E-state index contributed by atoms with van der Waals surface area (Å²) in [5, 5.41) is 9.41. The summed E-state index contributed by atoms with van der Waals surface area (Å²) in [6.07, 6.45) is 8.44. The van der Waals surface area contributed by atoms with Crippen molar-refractivity contribution in [1.82, 2.24) is 0 Å². The van der Waals surface area contributed by atoms with E-state index in [1.807, 2.05) is 0 Å². The first-order chi connectivity index (χ1) is 7.35. The maximum atomic E-state index is 9.41. The molecular weight excluding hydrogens is 196 g/mol. The molecule has 0 amide bonds. The van der Waals surface area contributed by atoms with Crippen molar-refractivity contribution < 1.29 is 5.11 Å². The third-order valence-electron chi connectivity index (χ3n) is 4.00. The van der Waals surface area contributed by atoms with E-state index in [1.54, 1.807) is 0 Å². The molecule has 1 aliphatic carbocycles. The second-order valence-corrected chi connectivity index (χ2v) is 6.65. The van der Waals surface area contributed by atoms with Crippen molar-refractivity contribution in [3.63, 3.8) is 0 Å². The molecule has 94 valence electrons. The first-order valence-electron chi connectivity index (χ1n) is 6.65. The molecule has 0 radical (unpaired) electrons. The summed E-state index contributed by atoms with van der Waals surface area (Å²) in [7, 11) is 0. The number of hydrogen-bond donors (Lipinski definition) is 1. The van der Waals surface area contributed by atoms with Crippen LogP contribution < -0.4 is 0 Å². The maximum Gasteiger partial charge on any atom is 0.0470 e. The van der Waals surface area contributed by atoms with Gasteiger partial charge in [-0.3, -0.25) is 0 Å². The van der Waals surface area contributed by atoms with Gasteiger partial charge in [-0.15, -0.1) is 0 Å². The molecule has 0 spiro atoms. The number of aliphatic hydroxyl groups excluding tert-OH is 1. The monoisotopic (exact) mass is 224 g/mol. The highest BCUT2D eigenvalue weighted by Crippen LogP contribution is 2.62. The lowest BCUT2D eigenvalue weighted by atomic mass is 9.93. The molecule has 0 aromatic rings. The van der Waals surface area contributed by atoms with Crippen LogP contribution in [0.3, 0.4) is 0 Å². The summed E-state index contributed by atoms with van der Waals surface area (Å²) in [6.45, 7) is 11.6. The topological polar surface area (TPSA) is 20.2 Å². The number of hydrogen-bond acceptors (Lipinski definition) is 1. The second-order valence-electron chi connectivity index (χ2n) is 6.65. The van der Waals surface area contributed by atoms with Crippen LogP contribution in [0, 0.1) is 22.7 Å². The largest absolute Gasteiger partial charge is 0.396 e. The lowest BCUT2D eigenvalue weighted by Gasteiger charge is -2.12. The number of aliphatic hydroxyl groups is 1. The predicted molar refractivity (Wildman–Crippen MR) is 70.3 cm³/mol. The molecule has 1 saturated carbocycles. The van der Waals surface area contributed by atoms with Crippen molar-refractivity contribution in [2.75, 3.05) is 6.61 Å². The minimum absolute atomic E-state index is 0.258. The highest BCUT2D eigenvalue weighted by Gasteiger charge is 2.58. The van der Waals surface area contributed by atoms with Gasteiger partial charge in [0.15, 0.2) is 0 Å². The van der Waals surface area contributed by atoms with Crippen LogP contribution in [-0.2, 0) is 0 Å². The van der Waals surface area contributed by atoms with Gasteiger partial charge in [-0.05, 0) is 29.1 Å². The quantitative estimate of drug-likeness (QED) is 0.699. The molecule has 1 aliphatic rings. The molecule has 0 aromatic heterocycles. The van der Waals surface area contributed by atoms with Gasteiger partial charge in [-0.2, -0.15) is 0 Å². The number of unbranched alkanes of at least 4 members (excludes halogenated alkanes) is 1. The molecule has 1 heteroatoms. The predicted octanol–water partition coefficient (Wildman–Crippen LogP) is 4.02. The number of allylic oxidation sites excluding steroid dienone is 2. The molecule has 1 rings (SSSR count). The van der Waals surface area contributed by atoms with E-state index >= 15 is 0 Å². The van der Waals surface area contributed by atoms with Crippen LogP contribution in [-0.4, -0.2) is 11.7 Å². The molecule has 3 atom stereocenters. The first-order valence-corrected chi connectivity index (χ1v) is 6.65. The highest BCUT2D eigenvalue weighted by molar-refractivity contribution is 5.17. The average Bonchev–Trinajstić information content (AvgIpc) is 2.76. The van der Waals surface area contributed by atoms with E-state index < -0.39 is 0 Å². The van der Waals surface area contributed by atoms with Crippen LogP contribution in [0.25, 0.3) is 0 Å². The van der Waals surface area contributed by atoms with Crippen LogP contribution in [0.15, 0.2) is 12.2 Å². The average molecular weight is 224 g/mol. The summed E-state index contributed by atoms with van der Waals surface area (Å²) in [5.41, 5.74) is 0.626. The standard InChI is InChI=1S/C15H28O/c1-6-7-9-15(5)12(13(15)11-16)8-10-14(2,3)4/h8,10,12-13,16H,6-7,9,11H2,1-5H3/b10-8+/t12-,13+,15+/m1/s1. The van der Waals surface area contributed by atoms with Crippen molar-refractivity contribution in [2.45, 2.75) is 53.9 Å². The molecule has 0 bridgehead atoms. The van der Waals surface area contributed by atoms with Crippen LogP contribution >= 0.6 is 0 Å². The zero-order valence-electron chi connectivity index (χ0n) is 11.6. The molecule has 0 aromatic carbocycles. The molecule has 1 fully saturated rings. The Morgan fingerprint density at radius 2 is 1.94 bits per heavy atom. The Labute approximate surface area is 101 Å². The Morgan fingerprint density at radius 3 is 2.38 bits per heavy atom. The van der Waals surface area contributed by atoms with Crippen LogP contribution in [0.1, 0.15) is 53.9 Å². The van der Waals surface area contributed by atoms with Gasteiger partial charge in [0.2, 0.25) is 0 Å². The molecule has 1 nitrogen and oxygen atoms in total. The Morgan fingerprint density at radius 1 is 1.31 bits per heavy atom. The van der Waals surface area contributed by atoms with Gasteiger partial charge >= 0.3 is 0 Å². The second kappa shape index (κ2) is 4.91. The van der Waals surface area contributed by atoms with E-state index in [0.29, 0.717) is 23.9 Å². The van der Waals surface area contributed by atoms with Gasteiger partial charge in [0.25, 0.3) is 0 Å². The van der Waals surface area contributed by atoms with E-state index in [9.17, 15) is 5.11 Å².